The summed E-state index contributed by atoms with van der Waals surface area (Å²) in [5.41, 5.74) is 1.10. The van der Waals surface area contributed by atoms with Crippen LogP contribution >= 0.6 is 0 Å². The monoisotopic (exact) mass is 418 g/mol. The molecule has 1 aromatic carbocycles. The molecule has 1 aliphatic carbocycles. The summed E-state index contributed by atoms with van der Waals surface area (Å²) in [5, 5.41) is 3.00. The van der Waals surface area contributed by atoms with E-state index in [1.165, 1.54) is 19.3 Å². The second-order valence-corrected chi connectivity index (χ2v) is 8.34. The number of esters is 1. The first-order valence-corrected chi connectivity index (χ1v) is 11.0. The van der Waals surface area contributed by atoms with E-state index >= 15 is 0 Å². The fourth-order valence-electron chi connectivity index (χ4n) is 4.29. The number of amides is 1. The zero-order valence-electron chi connectivity index (χ0n) is 18.2. The summed E-state index contributed by atoms with van der Waals surface area (Å²) in [6, 6.07) is 7.44. The summed E-state index contributed by atoms with van der Waals surface area (Å²) in [7, 11) is 0. The van der Waals surface area contributed by atoms with E-state index in [9.17, 15) is 9.59 Å². The lowest BCUT2D eigenvalue weighted by atomic mass is 9.79. The molecule has 7 heteroatoms. The van der Waals surface area contributed by atoms with Crippen LogP contribution in [0.15, 0.2) is 24.3 Å². The van der Waals surface area contributed by atoms with Crippen LogP contribution in [0.25, 0.3) is 0 Å². The normalized spacial score (nSPS) is 20.2. The van der Waals surface area contributed by atoms with E-state index in [1.807, 2.05) is 19.1 Å². The second kappa shape index (κ2) is 10.8. The maximum absolute atomic E-state index is 12.4. The van der Waals surface area contributed by atoms with Gasteiger partial charge in [0.15, 0.2) is 12.7 Å². The minimum Gasteiger partial charge on any atom is -0.479 e. The van der Waals surface area contributed by atoms with Gasteiger partial charge in [0, 0.05) is 25.2 Å². The first-order valence-electron chi connectivity index (χ1n) is 11.0. The summed E-state index contributed by atoms with van der Waals surface area (Å²) in [6.07, 6.45) is 4.98. The Labute approximate surface area is 179 Å². The molecular formula is C23H34N2O5. The largest absolute Gasteiger partial charge is 0.479 e. The minimum atomic E-state index is -0.779. The van der Waals surface area contributed by atoms with Gasteiger partial charge in [0.2, 0.25) is 0 Å². The number of nitrogens with zero attached hydrogens (tertiary/aromatic N) is 1. The lowest BCUT2D eigenvalue weighted by molar-refractivity contribution is -0.154. The van der Waals surface area contributed by atoms with Crippen molar-refractivity contribution in [3.05, 3.63) is 29.8 Å². The Hall–Kier alpha value is -2.12. The quantitative estimate of drug-likeness (QED) is 0.654. The standard InChI is InChI=1S/C23H34N2O5/c1-18-6-8-20(9-7-18)30-19(2)22(27)29-16-21(26)24-17-23(10-4-3-5-11-23)25-12-14-28-15-13-25/h6-9,19H,3-5,10-17H2,1-2H3,(H,24,26). The average Bonchev–Trinajstić information content (AvgIpc) is 2.78. The van der Waals surface area contributed by atoms with Crippen LogP contribution in [0.5, 0.6) is 5.75 Å². The summed E-state index contributed by atoms with van der Waals surface area (Å²) in [6.45, 7) is 7.18. The number of carbonyl (C=O) groups is 2. The molecular weight excluding hydrogens is 384 g/mol. The van der Waals surface area contributed by atoms with E-state index < -0.39 is 12.1 Å². The molecule has 1 aromatic rings. The van der Waals surface area contributed by atoms with Crippen LogP contribution in [0, 0.1) is 6.92 Å². The fraction of sp³-hybridized carbons (Fsp3) is 0.652. The van der Waals surface area contributed by atoms with Crippen LogP contribution in [-0.4, -0.2) is 67.9 Å². The van der Waals surface area contributed by atoms with Crippen molar-refractivity contribution in [2.24, 2.45) is 0 Å². The Kier molecular flexibility index (Phi) is 8.10. The van der Waals surface area contributed by atoms with Crippen molar-refractivity contribution >= 4 is 11.9 Å². The van der Waals surface area contributed by atoms with Crippen molar-refractivity contribution in [3.63, 3.8) is 0 Å². The van der Waals surface area contributed by atoms with E-state index in [0.717, 1.165) is 44.7 Å². The smallest absolute Gasteiger partial charge is 0.347 e. The number of rotatable bonds is 8. The predicted octanol–water partition coefficient (Wildman–Crippen LogP) is 2.46. The molecule has 0 bridgehead atoms. The van der Waals surface area contributed by atoms with Gasteiger partial charge in [-0.1, -0.05) is 37.0 Å². The highest BCUT2D eigenvalue weighted by atomic mass is 16.6. The van der Waals surface area contributed by atoms with E-state index in [2.05, 4.69) is 10.2 Å². The third-order valence-electron chi connectivity index (χ3n) is 6.09. The third-order valence-corrected chi connectivity index (χ3v) is 6.09. The number of aryl methyl sites for hydroxylation is 1. The number of carbonyl (C=O) groups excluding carboxylic acids is 2. The molecule has 166 valence electrons. The lowest BCUT2D eigenvalue weighted by Gasteiger charge is -2.48. The van der Waals surface area contributed by atoms with Crippen molar-refractivity contribution in [1.29, 1.82) is 0 Å². The van der Waals surface area contributed by atoms with Gasteiger partial charge in [-0.25, -0.2) is 4.79 Å². The van der Waals surface area contributed by atoms with Gasteiger partial charge in [-0.3, -0.25) is 9.69 Å². The van der Waals surface area contributed by atoms with Crippen molar-refractivity contribution in [2.75, 3.05) is 39.5 Å². The van der Waals surface area contributed by atoms with E-state index in [1.54, 1.807) is 19.1 Å². The van der Waals surface area contributed by atoms with Crippen molar-refractivity contribution < 1.29 is 23.8 Å². The number of benzene rings is 1. The zero-order chi connectivity index (χ0) is 21.4. The molecule has 0 spiro atoms. The maximum Gasteiger partial charge on any atom is 0.347 e. The summed E-state index contributed by atoms with van der Waals surface area (Å²) >= 11 is 0. The SMILES string of the molecule is Cc1ccc(OC(C)C(=O)OCC(=O)NCC2(N3CCOCC3)CCCCC2)cc1. The predicted molar refractivity (Wildman–Crippen MR) is 113 cm³/mol. The summed E-state index contributed by atoms with van der Waals surface area (Å²) in [4.78, 5) is 27.0. The van der Waals surface area contributed by atoms with Crippen LogP contribution in [0.1, 0.15) is 44.6 Å². The summed E-state index contributed by atoms with van der Waals surface area (Å²) < 4.78 is 16.3. The lowest BCUT2D eigenvalue weighted by Crippen LogP contribution is -2.59. The summed E-state index contributed by atoms with van der Waals surface area (Å²) in [5.74, 6) is -0.227. The molecule has 1 heterocycles. The van der Waals surface area contributed by atoms with Gasteiger partial charge in [-0.2, -0.15) is 0 Å². The molecule has 1 saturated heterocycles. The van der Waals surface area contributed by atoms with E-state index in [4.69, 9.17) is 14.2 Å². The molecule has 1 N–H and O–H groups in total. The Morgan fingerprint density at radius 3 is 2.47 bits per heavy atom. The molecule has 1 unspecified atom stereocenters. The van der Waals surface area contributed by atoms with Gasteiger partial charge < -0.3 is 19.5 Å². The van der Waals surface area contributed by atoms with Gasteiger partial charge in [-0.15, -0.1) is 0 Å². The van der Waals surface area contributed by atoms with Crippen LogP contribution in [0.3, 0.4) is 0 Å². The number of hydrogen-bond acceptors (Lipinski definition) is 6. The van der Waals surface area contributed by atoms with Crippen molar-refractivity contribution in [2.45, 2.75) is 57.6 Å². The molecule has 2 fully saturated rings. The van der Waals surface area contributed by atoms with Crippen LogP contribution < -0.4 is 10.1 Å². The average molecular weight is 419 g/mol. The van der Waals surface area contributed by atoms with E-state index in [-0.39, 0.29) is 18.1 Å². The molecule has 7 nitrogen and oxygen atoms in total. The first kappa shape index (κ1) is 22.6. The van der Waals surface area contributed by atoms with Crippen molar-refractivity contribution in [1.82, 2.24) is 10.2 Å². The minimum absolute atomic E-state index is 0.0104. The highest BCUT2D eigenvalue weighted by Crippen LogP contribution is 2.33. The molecule has 1 atom stereocenters. The van der Waals surface area contributed by atoms with Crippen molar-refractivity contribution in [3.8, 4) is 5.75 Å². The molecule has 0 radical (unpaired) electrons. The topological polar surface area (TPSA) is 77.1 Å². The fourth-order valence-corrected chi connectivity index (χ4v) is 4.29. The molecule has 3 rings (SSSR count). The molecule has 2 aliphatic rings. The van der Waals surface area contributed by atoms with Gasteiger partial charge >= 0.3 is 5.97 Å². The van der Waals surface area contributed by atoms with Gasteiger partial charge in [0.1, 0.15) is 5.75 Å². The highest BCUT2D eigenvalue weighted by molar-refractivity contribution is 5.82. The Morgan fingerprint density at radius 2 is 1.80 bits per heavy atom. The molecule has 1 aliphatic heterocycles. The second-order valence-electron chi connectivity index (χ2n) is 8.34. The number of morpholine rings is 1. The first-order chi connectivity index (χ1) is 14.5. The number of nitrogens with one attached hydrogen (secondary N) is 1. The third kappa shape index (κ3) is 6.19. The Morgan fingerprint density at radius 1 is 1.13 bits per heavy atom. The molecule has 30 heavy (non-hydrogen) atoms. The maximum atomic E-state index is 12.4. The van der Waals surface area contributed by atoms with Gasteiger partial charge in [-0.05, 0) is 38.8 Å². The van der Waals surface area contributed by atoms with Gasteiger partial charge in [0.25, 0.3) is 5.91 Å². The zero-order valence-corrected chi connectivity index (χ0v) is 18.2. The van der Waals surface area contributed by atoms with Crippen LogP contribution in [0.2, 0.25) is 0 Å². The van der Waals surface area contributed by atoms with Crippen LogP contribution in [-0.2, 0) is 19.1 Å². The molecule has 0 aromatic heterocycles. The molecule has 1 saturated carbocycles. The number of ether oxygens (including phenoxy) is 3. The Balaban J connectivity index is 1.44. The highest BCUT2D eigenvalue weighted by Gasteiger charge is 2.38. The van der Waals surface area contributed by atoms with Crippen LogP contribution in [0.4, 0.5) is 0 Å². The van der Waals surface area contributed by atoms with E-state index in [0.29, 0.717) is 12.3 Å². The van der Waals surface area contributed by atoms with Gasteiger partial charge in [0.05, 0.1) is 13.2 Å². The molecule has 1 amide bonds. The Bertz CT molecular complexity index is 694. The number of hydrogen-bond donors (Lipinski definition) is 1.